The standard InChI is InChI=1S/C16H12FN5O2S/c1-21-14(24)5-4-11-15(21)18-8-22(11)7-13(23)20-16-19-10-3-2-9(17)6-12(10)25-16/h2-6,8H,7H2,1H3,(H,19,20,23). The Morgan fingerprint density at radius 2 is 2.16 bits per heavy atom. The molecule has 7 nitrogen and oxygen atoms in total. The van der Waals surface area contributed by atoms with E-state index in [2.05, 4.69) is 15.3 Å². The molecule has 1 N–H and O–H groups in total. The number of aromatic nitrogens is 4. The van der Waals surface area contributed by atoms with Gasteiger partial charge in [0.15, 0.2) is 10.8 Å². The molecule has 0 radical (unpaired) electrons. The maximum absolute atomic E-state index is 13.2. The normalized spacial score (nSPS) is 11.3. The number of carbonyl (C=O) groups excluding carboxylic acids is 1. The first kappa shape index (κ1) is 15.5. The molecule has 0 bridgehead atoms. The number of hydrogen-bond donors (Lipinski definition) is 1. The number of carbonyl (C=O) groups is 1. The minimum absolute atomic E-state index is 0.0268. The van der Waals surface area contributed by atoms with Crippen molar-refractivity contribution in [1.82, 2.24) is 19.1 Å². The number of pyridine rings is 1. The first-order valence-corrected chi connectivity index (χ1v) is 8.20. The van der Waals surface area contributed by atoms with E-state index in [0.29, 0.717) is 26.5 Å². The van der Waals surface area contributed by atoms with Crippen molar-refractivity contribution in [3.05, 3.63) is 52.8 Å². The van der Waals surface area contributed by atoms with Crippen LogP contribution in [0.2, 0.25) is 0 Å². The predicted molar refractivity (Wildman–Crippen MR) is 93.2 cm³/mol. The van der Waals surface area contributed by atoms with Gasteiger partial charge in [-0.1, -0.05) is 11.3 Å². The summed E-state index contributed by atoms with van der Waals surface area (Å²) in [6, 6.07) is 7.35. The SMILES string of the molecule is Cn1c(=O)ccc2c1ncn2CC(=O)Nc1nc2ccc(F)cc2s1. The molecule has 0 aliphatic heterocycles. The van der Waals surface area contributed by atoms with Crippen LogP contribution in [0, 0.1) is 5.82 Å². The van der Waals surface area contributed by atoms with Crippen molar-refractivity contribution < 1.29 is 9.18 Å². The molecule has 0 fully saturated rings. The first-order valence-electron chi connectivity index (χ1n) is 7.38. The van der Waals surface area contributed by atoms with E-state index in [1.807, 2.05) is 0 Å². The molecule has 0 spiro atoms. The van der Waals surface area contributed by atoms with Crippen LogP contribution < -0.4 is 10.9 Å². The number of rotatable bonds is 3. The largest absolute Gasteiger partial charge is 0.320 e. The molecule has 4 rings (SSSR count). The number of hydrogen-bond acceptors (Lipinski definition) is 5. The Hall–Kier alpha value is -3.07. The lowest BCUT2D eigenvalue weighted by Crippen LogP contribution is -2.19. The van der Waals surface area contributed by atoms with Gasteiger partial charge < -0.3 is 9.88 Å². The Morgan fingerprint density at radius 3 is 3.00 bits per heavy atom. The number of halogens is 1. The molecule has 1 amide bonds. The molecule has 0 unspecified atom stereocenters. The number of thiazole rings is 1. The van der Waals surface area contributed by atoms with Crippen molar-refractivity contribution >= 4 is 43.8 Å². The maximum Gasteiger partial charge on any atom is 0.252 e. The van der Waals surface area contributed by atoms with E-state index < -0.39 is 0 Å². The molecule has 25 heavy (non-hydrogen) atoms. The quantitative estimate of drug-likeness (QED) is 0.609. The van der Waals surface area contributed by atoms with Crippen LogP contribution in [0.4, 0.5) is 9.52 Å². The topological polar surface area (TPSA) is 81.8 Å². The van der Waals surface area contributed by atoms with Crippen molar-refractivity contribution in [2.45, 2.75) is 6.54 Å². The van der Waals surface area contributed by atoms with E-state index in [0.717, 1.165) is 0 Å². The molecule has 0 saturated carbocycles. The third kappa shape index (κ3) is 2.78. The minimum atomic E-state index is -0.343. The van der Waals surface area contributed by atoms with Gasteiger partial charge in [0.05, 0.1) is 22.1 Å². The lowest BCUT2D eigenvalue weighted by Gasteiger charge is -2.04. The Kier molecular flexibility index (Phi) is 3.57. The van der Waals surface area contributed by atoms with Gasteiger partial charge in [-0.15, -0.1) is 0 Å². The third-order valence-electron chi connectivity index (χ3n) is 3.80. The van der Waals surface area contributed by atoms with Gasteiger partial charge in [0.2, 0.25) is 5.91 Å². The van der Waals surface area contributed by atoms with Crippen LogP contribution in [-0.4, -0.2) is 25.0 Å². The summed E-state index contributed by atoms with van der Waals surface area (Å²) in [5.74, 6) is -0.628. The predicted octanol–water partition coefficient (Wildman–Crippen LogP) is 2.12. The molecule has 1 aromatic carbocycles. The van der Waals surface area contributed by atoms with Crippen molar-refractivity contribution in [3.63, 3.8) is 0 Å². The van der Waals surface area contributed by atoms with Gasteiger partial charge in [-0.25, -0.2) is 14.4 Å². The first-order chi connectivity index (χ1) is 12.0. The Bertz CT molecular complexity index is 1180. The fourth-order valence-corrected chi connectivity index (χ4v) is 3.47. The van der Waals surface area contributed by atoms with Gasteiger partial charge in [-0.3, -0.25) is 14.2 Å². The average Bonchev–Trinajstić information content (AvgIpc) is 3.14. The van der Waals surface area contributed by atoms with Crippen LogP contribution in [0.25, 0.3) is 21.4 Å². The van der Waals surface area contributed by atoms with E-state index in [-0.39, 0.29) is 23.8 Å². The minimum Gasteiger partial charge on any atom is -0.320 e. The van der Waals surface area contributed by atoms with Crippen molar-refractivity contribution in [1.29, 1.82) is 0 Å². The summed E-state index contributed by atoms with van der Waals surface area (Å²) in [5, 5.41) is 3.11. The van der Waals surface area contributed by atoms with E-state index >= 15 is 0 Å². The molecule has 0 aliphatic rings. The molecule has 0 aliphatic carbocycles. The molecule has 126 valence electrons. The van der Waals surface area contributed by atoms with Crippen LogP contribution in [-0.2, 0) is 18.4 Å². The highest BCUT2D eigenvalue weighted by Crippen LogP contribution is 2.26. The van der Waals surface area contributed by atoms with E-state index in [9.17, 15) is 14.0 Å². The van der Waals surface area contributed by atoms with Crippen molar-refractivity contribution in [2.75, 3.05) is 5.32 Å². The zero-order chi connectivity index (χ0) is 17.6. The van der Waals surface area contributed by atoms with Gasteiger partial charge in [0.25, 0.3) is 5.56 Å². The molecule has 9 heteroatoms. The fraction of sp³-hybridized carbons (Fsp3) is 0.125. The monoisotopic (exact) mass is 357 g/mol. The number of fused-ring (bicyclic) bond motifs is 2. The number of amides is 1. The van der Waals surface area contributed by atoms with Crippen molar-refractivity contribution in [3.8, 4) is 0 Å². The Morgan fingerprint density at radius 1 is 1.32 bits per heavy atom. The summed E-state index contributed by atoms with van der Waals surface area (Å²) in [6.07, 6.45) is 1.51. The molecular formula is C16H12FN5O2S. The highest BCUT2D eigenvalue weighted by molar-refractivity contribution is 7.22. The van der Waals surface area contributed by atoms with Gasteiger partial charge >= 0.3 is 0 Å². The Labute approximate surface area is 144 Å². The van der Waals surface area contributed by atoms with E-state index in [1.165, 1.54) is 40.4 Å². The highest BCUT2D eigenvalue weighted by Gasteiger charge is 2.12. The Balaban J connectivity index is 1.57. The molecule has 4 aromatic rings. The van der Waals surface area contributed by atoms with Gasteiger partial charge in [-0.2, -0.15) is 0 Å². The zero-order valence-corrected chi connectivity index (χ0v) is 13.9. The van der Waals surface area contributed by atoms with Crippen LogP contribution >= 0.6 is 11.3 Å². The summed E-state index contributed by atoms with van der Waals surface area (Å²) in [6.45, 7) is 0.0268. The highest BCUT2D eigenvalue weighted by atomic mass is 32.1. The lowest BCUT2D eigenvalue weighted by molar-refractivity contribution is -0.116. The second-order valence-corrected chi connectivity index (χ2v) is 6.52. The summed E-state index contributed by atoms with van der Waals surface area (Å²) in [4.78, 5) is 32.3. The molecule has 0 atom stereocenters. The van der Waals surface area contributed by atoms with Crippen molar-refractivity contribution in [2.24, 2.45) is 7.05 Å². The fourth-order valence-electron chi connectivity index (χ4n) is 2.57. The van der Waals surface area contributed by atoms with Crippen LogP contribution in [0.15, 0.2) is 41.5 Å². The molecule has 3 aromatic heterocycles. The summed E-state index contributed by atoms with van der Waals surface area (Å²) >= 11 is 1.21. The smallest absolute Gasteiger partial charge is 0.252 e. The molecular weight excluding hydrogens is 345 g/mol. The third-order valence-corrected chi connectivity index (χ3v) is 4.73. The second-order valence-electron chi connectivity index (χ2n) is 5.49. The summed E-state index contributed by atoms with van der Waals surface area (Å²) in [7, 11) is 1.63. The summed E-state index contributed by atoms with van der Waals surface area (Å²) in [5.41, 5.74) is 1.66. The number of aryl methyl sites for hydroxylation is 1. The number of nitrogens with one attached hydrogen (secondary N) is 1. The zero-order valence-electron chi connectivity index (χ0n) is 13.1. The number of anilines is 1. The molecule has 0 saturated heterocycles. The van der Waals surface area contributed by atoms with Gasteiger partial charge in [0, 0.05) is 13.1 Å². The van der Waals surface area contributed by atoms with Gasteiger partial charge in [-0.05, 0) is 24.3 Å². The van der Waals surface area contributed by atoms with E-state index in [1.54, 1.807) is 23.7 Å². The average molecular weight is 357 g/mol. The summed E-state index contributed by atoms with van der Waals surface area (Å²) < 4.78 is 17.0. The number of benzene rings is 1. The second kappa shape index (κ2) is 5.78. The number of imidazole rings is 1. The molecule has 3 heterocycles. The lowest BCUT2D eigenvalue weighted by atomic mass is 10.3. The van der Waals surface area contributed by atoms with Crippen LogP contribution in [0.5, 0.6) is 0 Å². The van der Waals surface area contributed by atoms with Gasteiger partial charge in [0.1, 0.15) is 12.4 Å². The van der Waals surface area contributed by atoms with Crippen LogP contribution in [0.3, 0.4) is 0 Å². The number of nitrogens with zero attached hydrogens (tertiary/aromatic N) is 4. The van der Waals surface area contributed by atoms with E-state index in [4.69, 9.17) is 0 Å². The maximum atomic E-state index is 13.2. The van der Waals surface area contributed by atoms with Crippen LogP contribution in [0.1, 0.15) is 0 Å².